The van der Waals surface area contributed by atoms with E-state index >= 15 is 0 Å². The van der Waals surface area contributed by atoms with Gasteiger partial charge in [0.05, 0.1) is 29.5 Å². The molecule has 0 bridgehead atoms. The molecule has 1 atom stereocenters. The van der Waals surface area contributed by atoms with Crippen LogP contribution in [0.1, 0.15) is 11.1 Å². The summed E-state index contributed by atoms with van der Waals surface area (Å²) in [4.78, 5) is 0. The molecule has 0 aliphatic rings. The Morgan fingerprint density at radius 1 is 1.42 bits per heavy atom. The fraction of sp³-hybridized carbons (Fsp3) is 0.364. The summed E-state index contributed by atoms with van der Waals surface area (Å²) >= 11 is 1.68. The van der Waals surface area contributed by atoms with Crippen molar-refractivity contribution in [1.29, 1.82) is 5.26 Å². The highest BCUT2D eigenvalue weighted by atomic mass is 127. The van der Waals surface area contributed by atoms with E-state index in [9.17, 15) is 18.3 Å². The number of alkyl halides is 3. The molecule has 0 spiro atoms. The van der Waals surface area contributed by atoms with Crippen molar-refractivity contribution in [3.63, 3.8) is 0 Å². The van der Waals surface area contributed by atoms with E-state index < -0.39 is 24.5 Å². The number of anilines is 1. The Morgan fingerprint density at radius 2 is 2.05 bits per heavy atom. The Bertz CT molecular complexity index is 500. The molecule has 1 rings (SSSR count). The minimum Gasteiger partial charge on any atom is -0.394 e. The van der Waals surface area contributed by atoms with Crippen LogP contribution in [-0.4, -0.2) is 29.5 Å². The first-order valence-corrected chi connectivity index (χ1v) is 6.21. The topological polar surface area (TPSA) is 76.3 Å². The fourth-order valence-corrected chi connectivity index (χ4v) is 2.14. The molecule has 1 unspecified atom stereocenters. The third-order valence-corrected chi connectivity index (χ3v) is 3.11. The molecule has 0 aromatic heterocycles. The third kappa shape index (κ3) is 4.22. The van der Waals surface area contributed by atoms with E-state index in [1.807, 2.05) is 0 Å². The van der Waals surface area contributed by atoms with Gasteiger partial charge in [-0.3, -0.25) is 0 Å². The number of hydrogen-bond donors (Lipinski definition) is 3. The van der Waals surface area contributed by atoms with Crippen molar-refractivity contribution < 1.29 is 23.4 Å². The highest BCUT2D eigenvalue weighted by molar-refractivity contribution is 14.1. The monoisotopic (exact) mass is 386 g/mol. The highest BCUT2D eigenvalue weighted by Gasteiger charge is 2.32. The summed E-state index contributed by atoms with van der Waals surface area (Å²) < 4.78 is 38.0. The van der Waals surface area contributed by atoms with Crippen molar-refractivity contribution in [2.75, 3.05) is 18.5 Å². The van der Waals surface area contributed by atoms with Crippen molar-refractivity contribution in [2.45, 2.75) is 12.3 Å². The first-order valence-electron chi connectivity index (χ1n) is 5.13. The van der Waals surface area contributed by atoms with Gasteiger partial charge in [-0.1, -0.05) is 0 Å². The zero-order valence-electron chi connectivity index (χ0n) is 9.50. The summed E-state index contributed by atoms with van der Waals surface area (Å²) in [7, 11) is 0. The normalized spacial score (nSPS) is 12.9. The predicted octanol–water partition coefficient (Wildman–Crippen LogP) is 1.95. The number of nitrogens with one attached hydrogen (secondary N) is 1. The molecule has 0 saturated heterocycles. The lowest BCUT2D eigenvalue weighted by Gasteiger charge is -2.15. The van der Waals surface area contributed by atoms with Crippen LogP contribution in [0.5, 0.6) is 0 Å². The van der Waals surface area contributed by atoms with E-state index in [0.29, 0.717) is 0 Å². The lowest BCUT2D eigenvalue weighted by molar-refractivity contribution is -0.137. The first kappa shape index (κ1) is 16.0. The van der Waals surface area contributed by atoms with Crippen molar-refractivity contribution >= 4 is 28.3 Å². The van der Waals surface area contributed by atoms with Gasteiger partial charge in [-0.05, 0) is 34.7 Å². The standard InChI is InChI=1S/C11H10F3IN2O2/c12-11(13,14)7-1-6(3-16)10(9(15)2-7)17-4-8(19)5-18/h1-2,8,17-19H,4-5H2. The average Bonchev–Trinajstić information content (AvgIpc) is 2.34. The second-order valence-electron chi connectivity index (χ2n) is 3.71. The maximum atomic E-state index is 12.6. The Labute approximate surface area is 121 Å². The number of nitriles is 1. The molecule has 8 heteroatoms. The van der Waals surface area contributed by atoms with Gasteiger partial charge in [0.2, 0.25) is 0 Å². The van der Waals surface area contributed by atoms with Crippen LogP contribution in [0.25, 0.3) is 0 Å². The molecule has 19 heavy (non-hydrogen) atoms. The number of halogens is 4. The van der Waals surface area contributed by atoms with E-state index in [1.54, 1.807) is 28.7 Å². The van der Waals surface area contributed by atoms with Gasteiger partial charge in [-0.15, -0.1) is 0 Å². The van der Waals surface area contributed by atoms with Crippen molar-refractivity contribution in [3.05, 3.63) is 26.8 Å². The smallest absolute Gasteiger partial charge is 0.394 e. The summed E-state index contributed by atoms with van der Waals surface area (Å²) in [5.74, 6) is 0. The van der Waals surface area contributed by atoms with Crippen LogP contribution >= 0.6 is 22.6 Å². The summed E-state index contributed by atoms with van der Waals surface area (Å²) in [6.07, 6.45) is -5.57. The van der Waals surface area contributed by atoms with E-state index in [4.69, 9.17) is 10.4 Å². The van der Waals surface area contributed by atoms with Crippen LogP contribution in [0.4, 0.5) is 18.9 Å². The van der Waals surface area contributed by atoms with Crippen LogP contribution in [0.15, 0.2) is 12.1 Å². The number of benzene rings is 1. The molecule has 3 N–H and O–H groups in total. The predicted molar refractivity (Wildman–Crippen MR) is 70.5 cm³/mol. The average molecular weight is 386 g/mol. The van der Waals surface area contributed by atoms with Gasteiger partial charge in [-0.25, -0.2) is 0 Å². The zero-order chi connectivity index (χ0) is 14.6. The molecule has 0 aliphatic carbocycles. The van der Waals surface area contributed by atoms with Gasteiger partial charge >= 0.3 is 6.18 Å². The fourth-order valence-electron chi connectivity index (χ4n) is 1.32. The van der Waals surface area contributed by atoms with E-state index in [-0.39, 0.29) is 21.4 Å². The molecule has 0 radical (unpaired) electrons. The van der Waals surface area contributed by atoms with Crippen LogP contribution in [0, 0.1) is 14.9 Å². The van der Waals surface area contributed by atoms with Crippen LogP contribution in [0.3, 0.4) is 0 Å². The Hall–Kier alpha value is -1.05. The Morgan fingerprint density at radius 3 is 2.53 bits per heavy atom. The van der Waals surface area contributed by atoms with E-state index in [0.717, 1.165) is 12.1 Å². The molecular formula is C11H10F3IN2O2. The van der Waals surface area contributed by atoms with Gasteiger partial charge in [0.25, 0.3) is 0 Å². The van der Waals surface area contributed by atoms with E-state index in [2.05, 4.69) is 5.32 Å². The van der Waals surface area contributed by atoms with Crippen LogP contribution in [-0.2, 0) is 6.18 Å². The van der Waals surface area contributed by atoms with Crippen molar-refractivity contribution in [2.24, 2.45) is 0 Å². The van der Waals surface area contributed by atoms with Crippen LogP contribution in [0.2, 0.25) is 0 Å². The molecule has 1 aromatic rings. The summed E-state index contributed by atoms with van der Waals surface area (Å²) in [6, 6.07) is 3.34. The third-order valence-electron chi connectivity index (χ3n) is 2.26. The zero-order valence-corrected chi connectivity index (χ0v) is 11.7. The lowest BCUT2D eigenvalue weighted by atomic mass is 10.1. The maximum Gasteiger partial charge on any atom is 0.416 e. The van der Waals surface area contributed by atoms with E-state index in [1.165, 1.54) is 0 Å². The summed E-state index contributed by atoms with van der Waals surface area (Å²) in [5, 5.41) is 29.4. The van der Waals surface area contributed by atoms with Gasteiger partial charge in [0.15, 0.2) is 0 Å². The Kier molecular flexibility index (Phi) is 5.39. The molecule has 0 amide bonds. The van der Waals surface area contributed by atoms with Crippen molar-refractivity contribution in [1.82, 2.24) is 0 Å². The summed E-state index contributed by atoms with van der Waals surface area (Å²) in [6.45, 7) is -0.543. The highest BCUT2D eigenvalue weighted by Crippen LogP contribution is 2.34. The number of aliphatic hydroxyl groups is 2. The molecule has 104 valence electrons. The first-order chi connectivity index (χ1) is 8.79. The Balaban J connectivity index is 3.10. The van der Waals surface area contributed by atoms with Gasteiger partial charge in [0, 0.05) is 10.1 Å². The molecule has 0 aliphatic heterocycles. The molecule has 0 fully saturated rings. The molecule has 1 aromatic carbocycles. The molecule has 0 saturated carbocycles. The molecule has 0 heterocycles. The lowest BCUT2D eigenvalue weighted by Crippen LogP contribution is -2.23. The van der Waals surface area contributed by atoms with Gasteiger partial charge in [-0.2, -0.15) is 18.4 Å². The number of nitrogens with zero attached hydrogens (tertiary/aromatic N) is 1. The van der Waals surface area contributed by atoms with Crippen LogP contribution < -0.4 is 5.32 Å². The molecule has 4 nitrogen and oxygen atoms in total. The second-order valence-corrected chi connectivity index (χ2v) is 4.87. The largest absolute Gasteiger partial charge is 0.416 e. The maximum absolute atomic E-state index is 12.6. The number of rotatable bonds is 4. The van der Waals surface area contributed by atoms with Gasteiger partial charge in [0.1, 0.15) is 6.07 Å². The summed E-state index contributed by atoms with van der Waals surface area (Å²) in [5.41, 5.74) is -0.852. The number of hydrogen-bond acceptors (Lipinski definition) is 4. The van der Waals surface area contributed by atoms with Gasteiger partial charge < -0.3 is 15.5 Å². The quantitative estimate of drug-likeness (QED) is 0.692. The minimum absolute atomic E-state index is 0.0630. The SMILES string of the molecule is N#Cc1cc(C(F)(F)F)cc(I)c1NCC(O)CO. The van der Waals surface area contributed by atoms with Crippen molar-refractivity contribution in [3.8, 4) is 6.07 Å². The molecular weight excluding hydrogens is 376 g/mol. The minimum atomic E-state index is -4.52. The number of aliphatic hydroxyl groups excluding tert-OH is 2. The second kappa shape index (κ2) is 6.40.